The summed E-state index contributed by atoms with van der Waals surface area (Å²) in [5.41, 5.74) is 1.84. The van der Waals surface area contributed by atoms with E-state index in [1.807, 2.05) is 4.90 Å². The van der Waals surface area contributed by atoms with Crippen LogP contribution in [0.5, 0.6) is 0 Å². The number of rotatable bonds is 7. The topological polar surface area (TPSA) is 136 Å². The summed E-state index contributed by atoms with van der Waals surface area (Å²) < 4.78 is 0. The van der Waals surface area contributed by atoms with E-state index in [2.05, 4.69) is 15.3 Å². The third-order valence-electron chi connectivity index (χ3n) is 6.53. The van der Waals surface area contributed by atoms with Gasteiger partial charge in [-0.2, -0.15) is 0 Å². The van der Waals surface area contributed by atoms with Crippen LogP contribution in [0.4, 0.5) is 5.13 Å². The van der Waals surface area contributed by atoms with Crippen LogP contribution in [0.2, 0.25) is 10.0 Å². The van der Waals surface area contributed by atoms with Crippen molar-refractivity contribution in [2.75, 3.05) is 18.0 Å². The summed E-state index contributed by atoms with van der Waals surface area (Å²) in [5, 5.41) is 23.3. The standard InChI is InChI=1S/C23H20Cl2N4O5S/c1-9-15(24)16(25)18(26-9)20(30)28-17-12-7-29(8-13(12)17)23-27-14(19(35-23)22(33)34)6-10-4-2-3-5-11(10)21(31)32/h2-5,12-13,17,26H,6-8H2,1H3,(H,28,30)(H,31,32)(H,33,34)/t12-,13+,17?. The minimum Gasteiger partial charge on any atom is -0.478 e. The van der Waals surface area contributed by atoms with Crippen LogP contribution in [-0.4, -0.2) is 57.2 Å². The molecule has 1 saturated heterocycles. The summed E-state index contributed by atoms with van der Waals surface area (Å²) in [6.45, 7) is 3.00. The molecule has 1 amide bonds. The fourth-order valence-electron chi connectivity index (χ4n) is 4.67. The lowest BCUT2D eigenvalue weighted by atomic mass is 10.0. The summed E-state index contributed by atoms with van der Waals surface area (Å²) in [7, 11) is 0. The predicted molar refractivity (Wildman–Crippen MR) is 131 cm³/mol. The van der Waals surface area contributed by atoms with Crippen LogP contribution in [0.3, 0.4) is 0 Å². The number of anilines is 1. The molecule has 0 radical (unpaired) electrons. The van der Waals surface area contributed by atoms with E-state index in [-0.39, 0.29) is 51.4 Å². The summed E-state index contributed by atoms with van der Waals surface area (Å²) in [5.74, 6) is -2.03. The maximum atomic E-state index is 12.6. The number of thiazole rings is 1. The summed E-state index contributed by atoms with van der Waals surface area (Å²) in [6.07, 6.45) is 0.110. The van der Waals surface area contributed by atoms with Crippen molar-refractivity contribution in [2.45, 2.75) is 19.4 Å². The molecule has 182 valence electrons. The van der Waals surface area contributed by atoms with Gasteiger partial charge >= 0.3 is 11.9 Å². The normalized spacial score (nSPS) is 20.5. The maximum Gasteiger partial charge on any atom is 0.347 e. The van der Waals surface area contributed by atoms with Crippen molar-refractivity contribution in [1.82, 2.24) is 15.3 Å². The number of H-pyrrole nitrogens is 1. The predicted octanol–water partition coefficient (Wildman–Crippen LogP) is 3.94. The molecule has 0 spiro atoms. The van der Waals surface area contributed by atoms with Crippen molar-refractivity contribution in [3.05, 3.63) is 67.4 Å². The van der Waals surface area contributed by atoms with E-state index in [9.17, 15) is 24.6 Å². The molecule has 0 bridgehead atoms. The SMILES string of the molecule is Cc1[nH]c(C(=O)NC2[C@H]3CN(c4nc(Cc5ccccc5C(=O)O)c(C(=O)O)s4)C[C@@H]23)c(Cl)c1Cl. The summed E-state index contributed by atoms with van der Waals surface area (Å²) in [4.78, 5) is 45.6. The van der Waals surface area contributed by atoms with Crippen molar-refractivity contribution in [1.29, 1.82) is 0 Å². The Morgan fingerprint density at radius 1 is 1.14 bits per heavy atom. The van der Waals surface area contributed by atoms with Gasteiger partial charge in [0.05, 0.1) is 21.3 Å². The second-order valence-corrected chi connectivity index (χ2v) is 10.4. The largest absolute Gasteiger partial charge is 0.478 e. The third kappa shape index (κ3) is 4.26. The quantitative estimate of drug-likeness (QED) is 0.360. The highest BCUT2D eigenvalue weighted by atomic mass is 35.5. The third-order valence-corrected chi connectivity index (χ3v) is 8.62. The molecule has 2 aromatic heterocycles. The van der Waals surface area contributed by atoms with E-state index < -0.39 is 11.9 Å². The van der Waals surface area contributed by atoms with Gasteiger partial charge in [0, 0.05) is 43.1 Å². The van der Waals surface area contributed by atoms with E-state index in [1.165, 1.54) is 6.07 Å². The first-order chi connectivity index (χ1) is 16.7. The highest BCUT2D eigenvalue weighted by Gasteiger charge is 2.57. The van der Waals surface area contributed by atoms with Gasteiger partial charge in [-0.25, -0.2) is 14.6 Å². The van der Waals surface area contributed by atoms with Crippen molar-refractivity contribution in [3.8, 4) is 0 Å². The van der Waals surface area contributed by atoms with Crippen LogP contribution in [-0.2, 0) is 6.42 Å². The number of amides is 1. The first kappa shape index (κ1) is 23.7. The van der Waals surface area contributed by atoms with E-state index in [4.69, 9.17) is 23.2 Å². The van der Waals surface area contributed by atoms with Gasteiger partial charge in [-0.15, -0.1) is 0 Å². The van der Waals surface area contributed by atoms with Gasteiger partial charge in [0.1, 0.15) is 10.6 Å². The Labute approximate surface area is 213 Å². The van der Waals surface area contributed by atoms with E-state index >= 15 is 0 Å². The van der Waals surface area contributed by atoms with Crippen molar-refractivity contribution in [2.24, 2.45) is 11.8 Å². The Bertz CT molecular complexity index is 1360. The van der Waals surface area contributed by atoms with Gasteiger partial charge in [0.25, 0.3) is 5.91 Å². The van der Waals surface area contributed by atoms with Crippen molar-refractivity contribution < 1.29 is 24.6 Å². The number of piperidine rings is 1. The maximum absolute atomic E-state index is 12.6. The van der Waals surface area contributed by atoms with Gasteiger partial charge < -0.3 is 25.4 Å². The lowest BCUT2D eigenvalue weighted by Crippen LogP contribution is -2.34. The molecule has 12 heteroatoms. The Balaban J connectivity index is 1.27. The number of carboxylic acid groups (broad SMARTS) is 2. The van der Waals surface area contributed by atoms with Crippen LogP contribution in [0.25, 0.3) is 0 Å². The molecule has 3 atom stereocenters. The number of aromatic carboxylic acids is 2. The molecule has 5 rings (SSSR count). The highest BCUT2D eigenvalue weighted by Crippen LogP contribution is 2.48. The number of fused-ring (bicyclic) bond motifs is 1. The van der Waals surface area contributed by atoms with E-state index in [0.29, 0.717) is 40.2 Å². The number of carboxylic acids is 2. The zero-order chi connectivity index (χ0) is 25.0. The number of hydrogen-bond donors (Lipinski definition) is 4. The second-order valence-electron chi connectivity index (χ2n) is 8.70. The fraction of sp³-hybridized carbons (Fsp3) is 0.304. The van der Waals surface area contributed by atoms with Crippen LogP contribution in [0, 0.1) is 18.8 Å². The molecule has 35 heavy (non-hydrogen) atoms. The number of carbonyl (C=O) groups is 3. The summed E-state index contributed by atoms with van der Waals surface area (Å²) >= 11 is 13.3. The summed E-state index contributed by atoms with van der Waals surface area (Å²) in [6, 6.07) is 6.50. The number of nitrogens with zero attached hydrogens (tertiary/aromatic N) is 2. The van der Waals surface area contributed by atoms with E-state index in [0.717, 1.165) is 11.3 Å². The number of benzene rings is 1. The zero-order valence-electron chi connectivity index (χ0n) is 18.3. The molecule has 1 saturated carbocycles. The van der Waals surface area contributed by atoms with Crippen molar-refractivity contribution >= 4 is 57.5 Å². The number of aryl methyl sites for hydroxylation is 1. The molecular formula is C23H20Cl2N4O5S. The first-order valence-corrected chi connectivity index (χ1v) is 12.4. The Kier molecular flexibility index (Phi) is 5.98. The highest BCUT2D eigenvalue weighted by molar-refractivity contribution is 7.17. The number of hydrogen-bond acceptors (Lipinski definition) is 6. The molecule has 9 nitrogen and oxygen atoms in total. The molecule has 2 fully saturated rings. The fourth-order valence-corrected chi connectivity index (χ4v) is 6.03. The average Bonchev–Trinajstić information content (AvgIpc) is 3.19. The molecule has 1 aliphatic heterocycles. The van der Waals surface area contributed by atoms with Gasteiger partial charge in [0.15, 0.2) is 5.13 Å². The van der Waals surface area contributed by atoms with Crippen molar-refractivity contribution in [3.63, 3.8) is 0 Å². The number of aromatic nitrogens is 2. The second kappa shape index (κ2) is 8.85. The number of carbonyl (C=O) groups excluding carboxylic acids is 1. The van der Waals surface area contributed by atoms with Crippen LogP contribution < -0.4 is 10.2 Å². The van der Waals surface area contributed by atoms with Gasteiger partial charge in [-0.1, -0.05) is 52.7 Å². The molecule has 4 N–H and O–H groups in total. The molecule has 3 aromatic rings. The lowest BCUT2D eigenvalue weighted by Gasteiger charge is -2.19. The van der Waals surface area contributed by atoms with Gasteiger partial charge in [-0.05, 0) is 18.6 Å². The molecule has 2 aliphatic rings. The lowest BCUT2D eigenvalue weighted by molar-refractivity contribution is 0.0688. The minimum atomic E-state index is -1.09. The molecule has 1 unspecified atom stereocenters. The van der Waals surface area contributed by atoms with E-state index in [1.54, 1.807) is 25.1 Å². The number of halogens is 2. The Morgan fingerprint density at radius 3 is 2.43 bits per heavy atom. The number of aromatic amines is 1. The van der Waals surface area contributed by atoms with Gasteiger partial charge in [-0.3, -0.25) is 4.79 Å². The monoisotopic (exact) mass is 534 g/mol. The zero-order valence-corrected chi connectivity index (χ0v) is 20.7. The van der Waals surface area contributed by atoms with Crippen LogP contribution in [0.1, 0.15) is 47.5 Å². The molecule has 1 aliphatic carbocycles. The first-order valence-electron chi connectivity index (χ1n) is 10.8. The van der Waals surface area contributed by atoms with Gasteiger partial charge in [0.2, 0.25) is 0 Å². The number of nitrogens with one attached hydrogen (secondary N) is 2. The smallest absolute Gasteiger partial charge is 0.347 e. The Hall–Kier alpha value is -3.08. The minimum absolute atomic E-state index is 0.00183. The molecular weight excluding hydrogens is 515 g/mol. The Morgan fingerprint density at radius 2 is 1.83 bits per heavy atom. The molecule has 1 aromatic carbocycles. The van der Waals surface area contributed by atoms with Crippen LogP contribution >= 0.6 is 34.5 Å². The van der Waals surface area contributed by atoms with Crippen LogP contribution in [0.15, 0.2) is 24.3 Å². The molecule has 3 heterocycles. The average molecular weight is 535 g/mol.